The lowest BCUT2D eigenvalue weighted by atomic mass is 9.89. The second kappa shape index (κ2) is 17.3. The van der Waals surface area contributed by atoms with Gasteiger partial charge in [0, 0.05) is 37.5 Å². The smallest absolute Gasteiger partial charge is 0.337 e. The van der Waals surface area contributed by atoms with Gasteiger partial charge in [-0.25, -0.2) is 9.78 Å². The fourth-order valence-corrected chi connectivity index (χ4v) is 6.15. The van der Waals surface area contributed by atoms with Crippen LogP contribution in [0.2, 0.25) is 5.02 Å². The van der Waals surface area contributed by atoms with Gasteiger partial charge >= 0.3 is 5.97 Å². The van der Waals surface area contributed by atoms with E-state index in [0.717, 1.165) is 65.3 Å². The van der Waals surface area contributed by atoms with Crippen molar-refractivity contribution in [3.05, 3.63) is 63.9 Å². The molecule has 0 spiro atoms. The van der Waals surface area contributed by atoms with Crippen molar-refractivity contribution in [3.8, 4) is 10.6 Å². The number of nitrogens with zero attached hydrogens (tertiary/aromatic N) is 1. The first-order valence-corrected chi connectivity index (χ1v) is 16.5. The minimum atomic E-state index is -0.974. The zero-order valence-corrected chi connectivity index (χ0v) is 27.2. The van der Waals surface area contributed by atoms with E-state index in [4.69, 9.17) is 39.7 Å². The molecule has 43 heavy (non-hydrogen) atoms. The molecule has 236 valence electrons. The van der Waals surface area contributed by atoms with Crippen molar-refractivity contribution in [1.82, 2.24) is 4.98 Å². The van der Waals surface area contributed by atoms with Gasteiger partial charge in [0.2, 0.25) is 0 Å². The van der Waals surface area contributed by atoms with E-state index in [2.05, 4.69) is 25.8 Å². The molecule has 10 heteroatoms. The van der Waals surface area contributed by atoms with E-state index >= 15 is 0 Å². The van der Waals surface area contributed by atoms with E-state index in [1.165, 1.54) is 7.11 Å². The zero-order valence-electron chi connectivity index (χ0n) is 25.6. The van der Waals surface area contributed by atoms with Crippen molar-refractivity contribution in [2.75, 3.05) is 26.9 Å². The number of carbonyl (C=O) groups excluding carboxylic acids is 1. The van der Waals surface area contributed by atoms with E-state index in [-0.39, 0.29) is 0 Å². The number of hydrogen-bond donors (Lipinski definition) is 0. The van der Waals surface area contributed by atoms with E-state index in [1.54, 1.807) is 17.6 Å². The number of rotatable bonds is 17. The molecule has 0 bridgehead atoms. The molecule has 0 aliphatic carbocycles. The second-order valence-electron chi connectivity index (χ2n) is 10.7. The lowest BCUT2D eigenvalue weighted by molar-refractivity contribution is -0.261. The van der Waals surface area contributed by atoms with Gasteiger partial charge in [-0.05, 0) is 48.6 Å². The summed E-state index contributed by atoms with van der Waals surface area (Å²) in [6, 6.07) is 9.59. The molecule has 0 unspecified atom stereocenters. The lowest BCUT2D eigenvalue weighted by Gasteiger charge is -2.45. The molecule has 0 amide bonds. The zero-order chi connectivity index (χ0) is 30.6. The number of benzene rings is 1. The first-order chi connectivity index (χ1) is 21.0. The molecule has 1 saturated heterocycles. The van der Waals surface area contributed by atoms with Gasteiger partial charge in [0.15, 0.2) is 6.10 Å². The predicted molar refractivity (Wildman–Crippen MR) is 168 cm³/mol. The highest BCUT2D eigenvalue weighted by atomic mass is 35.5. The Bertz CT molecular complexity index is 1250. The number of methoxy groups -OCH3 is 1. The van der Waals surface area contributed by atoms with Gasteiger partial charge in [0.05, 0.1) is 23.3 Å². The quantitative estimate of drug-likeness (QED) is 0.110. The Morgan fingerprint density at radius 2 is 1.63 bits per heavy atom. The van der Waals surface area contributed by atoms with Crippen LogP contribution in [-0.2, 0) is 34.9 Å². The molecule has 1 aliphatic rings. The molecule has 0 saturated carbocycles. The molecule has 1 aromatic carbocycles. The van der Waals surface area contributed by atoms with Gasteiger partial charge in [-0.3, -0.25) is 0 Å². The van der Waals surface area contributed by atoms with Crippen molar-refractivity contribution < 1.29 is 32.9 Å². The van der Waals surface area contributed by atoms with Gasteiger partial charge in [-0.2, -0.15) is 0 Å². The first-order valence-electron chi connectivity index (χ1n) is 15.4. The van der Waals surface area contributed by atoms with Gasteiger partial charge in [0.25, 0.3) is 0 Å². The van der Waals surface area contributed by atoms with Crippen LogP contribution in [0.1, 0.15) is 81.5 Å². The number of furan rings is 1. The maximum atomic E-state index is 13.1. The number of hydrogen-bond acceptors (Lipinski definition) is 9. The van der Waals surface area contributed by atoms with Crippen LogP contribution in [0, 0.1) is 0 Å². The highest BCUT2D eigenvalue weighted by Crippen LogP contribution is 2.39. The molecule has 2 aromatic heterocycles. The lowest BCUT2D eigenvalue weighted by Crippen LogP contribution is -2.59. The summed E-state index contributed by atoms with van der Waals surface area (Å²) in [5, 5.41) is 1.53. The summed E-state index contributed by atoms with van der Waals surface area (Å²) < 4.78 is 36.6. The molecule has 0 N–H and O–H groups in total. The number of halogens is 1. The van der Waals surface area contributed by atoms with E-state index in [0.29, 0.717) is 31.3 Å². The highest BCUT2D eigenvalue weighted by Gasteiger charge is 2.51. The Morgan fingerprint density at radius 1 is 0.953 bits per heavy atom. The summed E-state index contributed by atoms with van der Waals surface area (Å²) in [7, 11) is 1.37. The minimum Gasteiger partial charge on any atom is -0.467 e. The summed E-state index contributed by atoms with van der Waals surface area (Å²) in [6.45, 7) is 7.89. The maximum Gasteiger partial charge on any atom is 0.337 e. The number of carbonyl (C=O) groups is 1. The topological polar surface area (TPSA) is 89.2 Å². The van der Waals surface area contributed by atoms with Crippen LogP contribution in [-0.4, -0.2) is 62.3 Å². The molecule has 1 aliphatic heterocycles. The van der Waals surface area contributed by atoms with Crippen LogP contribution in [0.3, 0.4) is 0 Å². The maximum absolute atomic E-state index is 13.1. The molecule has 8 nitrogen and oxygen atoms in total. The van der Waals surface area contributed by atoms with E-state index < -0.39 is 36.5 Å². The molecule has 1 fully saturated rings. The van der Waals surface area contributed by atoms with Crippen molar-refractivity contribution >= 4 is 28.9 Å². The number of aromatic nitrogens is 1. The Kier molecular flexibility index (Phi) is 13.5. The third kappa shape index (κ3) is 8.90. The largest absolute Gasteiger partial charge is 0.467 e. The summed E-state index contributed by atoms with van der Waals surface area (Å²) in [5.74, 6) is 0.287. The Morgan fingerprint density at radius 3 is 2.26 bits per heavy atom. The Labute approximate surface area is 264 Å². The fourth-order valence-electron chi connectivity index (χ4n) is 5.06. The summed E-state index contributed by atoms with van der Waals surface area (Å²) >= 11 is 8.27. The molecule has 0 radical (unpaired) electrons. The molecule has 3 aromatic rings. The molecular weight excluding hydrogens is 590 g/mol. The van der Waals surface area contributed by atoms with Crippen LogP contribution in [0.4, 0.5) is 0 Å². The third-order valence-electron chi connectivity index (χ3n) is 7.45. The number of ether oxygens (including phenoxy) is 5. The monoisotopic (exact) mass is 633 g/mol. The minimum absolute atomic E-state index is 0.483. The molecule has 4 rings (SSSR count). The van der Waals surface area contributed by atoms with E-state index in [9.17, 15) is 4.79 Å². The van der Waals surface area contributed by atoms with Crippen LogP contribution in [0.25, 0.3) is 10.6 Å². The van der Waals surface area contributed by atoms with Gasteiger partial charge in [-0.15, -0.1) is 11.3 Å². The van der Waals surface area contributed by atoms with Crippen LogP contribution >= 0.6 is 22.9 Å². The average molecular weight is 634 g/mol. The van der Waals surface area contributed by atoms with Gasteiger partial charge in [0.1, 0.15) is 30.2 Å². The second-order valence-corrected chi connectivity index (χ2v) is 12.2. The summed E-state index contributed by atoms with van der Waals surface area (Å²) in [4.78, 5) is 18.7. The third-order valence-corrected chi connectivity index (χ3v) is 8.83. The van der Waals surface area contributed by atoms with Crippen LogP contribution < -0.4 is 0 Å². The summed E-state index contributed by atoms with van der Waals surface area (Å²) in [5.41, 5.74) is 1.74. The predicted octanol–water partition coefficient (Wildman–Crippen LogP) is 7.82. The number of thiazole rings is 1. The van der Waals surface area contributed by atoms with Crippen molar-refractivity contribution in [1.29, 1.82) is 0 Å². The Balaban J connectivity index is 1.68. The van der Waals surface area contributed by atoms with Gasteiger partial charge < -0.3 is 28.1 Å². The molecule has 5 atom stereocenters. The van der Waals surface area contributed by atoms with E-state index in [1.807, 2.05) is 36.5 Å². The summed E-state index contributed by atoms with van der Waals surface area (Å²) in [6.07, 6.45) is 6.28. The van der Waals surface area contributed by atoms with Gasteiger partial charge in [-0.1, -0.05) is 63.8 Å². The first kappa shape index (κ1) is 33.6. The highest BCUT2D eigenvalue weighted by molar-refractivity contribution is 7.15. The number of unbranched alkanes of at least 4 members (excludes halogenated alkanes) is 3. The molecule has 3 heterocycles. The normalized spacial score (nSPS) is 22.1. The van der Waals surface area contributed by atoms with Crippen molar-refractivity contribution in [3.63, 3.8) is 0 Å². The van der Waals surface area contributed by atoms with Crippen molar-refractivity contribution in [2.24, 2.45) is 0 Å². The molecular formula is C33H44ClNO7S. The average Bonchev–Trinajstić information content (AvgIpc) is 3.72. The number of esters is 1. The van der Waals surface area contributed by atoms with Crippen LogP contribution in [0.5, 0.6) is 0 Å². The standard InChI is InChI=1S/C33H44ClNO7S/c1-5-8-15-39-29-28(42-32(33(36)37-4)31(41-17-10-7-3)30(29)40-16-9-6-2)22-13-14-24(34)23(19-22)20-27-35-21-26(43-27)25-12-11-18-38-25/h11-14,18-19,21,28-32H,5-10,15-17,20H2,1-4H3/t28-,29-,30+,31-,32-/m0/s1. The van der Waals surface area contributed by atoms with Crippen LogP contribution in [0.15, 0.2) is 47.2 Å². The fraction of sp³-hybridized carbons (Fsp3) is 0.576. The Hall–Kier alpha value is -2.27. The SMILES string of the molecule is CCCCO[C@@H]1[C@@H](OCCCC)[C@H](c2ccc(Cl)c(Cc3ncc(-c4ccco4)s3)c2)O[C@H](C(=O)OC)[C@H]1OCCCC. The van der Waals surface area contributed by atoms with Crippen molar-refractivity contribution in [2.45, 2.75) is 96.2 Å².